The monoisotopic (exact) mass is 1460 g/mol. The first-order valence-corrected chi connectivity index (χ1v) is 39.6. The van der Waals surface area contributed by atoms with Crippen molar-refractivity contribution in [1.29, 1.82) is 0 Å². The Hall–Kier alpha value is -9.74. The Labute approximate surface area is 654 Å². The highest BCUT2D eigenvalue weighted by atomic mass is 19.1. The number of rotatable bonds is 32. The molecule has 0 fully saturated rings. The summed E-state index contributed by atoms with van der Waals surface area (Å²) in [7, 11) is 4.26. The summed E-state index contributed by atoms with van der Waals surface area (Å²) >= 11 is 0. The van der Waals surface area contributed by atoms with Crippen LogP contribution in [0.15, 0.2) is 352 Å². The average Bonchev–Trinajstić information content (AvgIpc) is 0.867. The fourth-order valence-electron chi connectivity index (χ4n) is 13.9. The molecule has 12 aromatic carbocycles. The van der Waals surface area contributed by atoms with Crippen molar-refractivity contribution >= 4 is 0 Å². The van der Waals surface area contributed by atoms with Crippen LogP contribution in [0.1, 0.15) is 188 Å². The van der Waals surface area contributed by atoms with Crippen LogP contribution in [0, 0.1) is 11.6 Å². The smallest absolute Gasteiger partial charge is 0.123 e. The maximum absolute atomic E-state index is 13.4. The Morgan fingerprint density at radius 3 is 0.807 bits per heavy atom. The fourth-order valence-corrected chi connectivity index (χ4v) is 13.9. The molecule has 0 amide bonds. The number of halogens is 2. The van der Waals surface area contributed by atoms with Gasteiger partial charge in [-0.2, -0.15) is 0 Å². The van der Waals surface area contributed by atoms with E-state index in [2.05, 4.69) is 354 Å². The Morgan fingerprint density at radius 2 is 0.560 bits per heavy atom. The molecule has 0 unspecified atom stereocenters. The van der Waals surface area contributed by atoms with Crippen molar-refractivity contribution in [3.63, 3.8) is 0 Å². The van der Waals surface area contributed by atoms with E-state index in [9.17, 15) is 8.78 Å². The molecule has 109 heavy (non-hydrogen) atoms. The van der Waals surface area contributed by atoms with Crippen LogP contribution in [-0.4, -0.2) is 70.3 Å². The van der Waals surface area contributed by atoms with Gasteiger partial charge in [0.15, 0.2) is 0 Å². The van der Waals surface area contributed by atoms with E-state index < -0.39 is 0 Å². The van der Waals surface area contributed by atoms with Crippen molar-refractivity contribution in [2.45, 2.75) is 133 Å². The summed E-state index contributed by atoms with van der Waals surface area (Å²) in [6.07, 6.45) is 9.72. The number of hydrogen-bond acceptors (Lipinski definition) is 6. The van der Waals surface area contributed by atoms with Crippen molar-refractivity contribution in [2.24, 2.45) is 17.2 Å². The topological polar surface area (TPSA) is 105 Å². The zero-order valence-electron chi connectivity index (χ0n) is 65.6. The predicted octanol–water partition coefficient (Wildman–Crippen LogP) is 23.1. The minimum absolute atomic E-state index is 0.0449. The summed E-state index contributed by atoms with van der Waals surface area (Å²) in [5.41, 5.74) is 32.7. The van der Waals surface area contributed by atoms with Gasteiger partial charge in [-0.05, 0) is 203 Å². The van der Waals surface area contributed by atoms with Gasteiger partial charge in [-0.15, -0.1) is 0 Å². The molecule has 8 heteroatoms. The maximum atomic E-state index is 13.4. The van der Waals surface area contributed by atoms with Gasteiger partial charge in [0.1, 0.15) is 11.6 Å². The SMILES string of the molecule is CC(C)NCCC(c1ccccc1)c1ccccc1.CCNCCC(c1ccccc1)c1ccccc1.CN(C)CCC(c1ccccc1)c1ccccc1.C[C@@H](N)CC(c1cccc(F)c1)c1cccc(F)c1.NCCCC(c1ccccc1)c1ccccc1.NCCCCC(c1ccccc1)c1ccccc1. The molecule has 0 bridgehead atoms. The molecule has 6 nitrogen and oxygen atoms in total. The van der Waals surface area contributed by atoms with Crippen molar-refractivity contribution < 1.29 is 8.78 Å². The highest BCUT2D eigenvalue weighted by Gasteiger charge is 2.20. The van der Waals surface area contributed by atoms with E-state index in [4.69, 9.17) is 17.2 Å². The lowest BCUT2D eigenvalue weighted by atomic mass is 9.86. The summed E-state index contributed by atoms with van der Waals surface area (Å²) < 4.78 is 26.7. The predicted molar refractivity (Wildman–Crippen MR) is 462 cm³/mol. The first kappa shape index (κ1) is 86.5. The van der Waals surface area contributed by atoms with Gasteiger partial charge >= 0.3 is 0 Å². The number of nitrogens with two attached hydrogens (primary N) is 3. The van der Waals surface area contributed by atoms with Gasteiger partial charge in [-0.3, -0.25) is 0 Å². The van der Waals surface area contributed by atoms with Crippen LogP contribution in [0.25, 0.3) is 0 Å². The molecule has 0 aliphatic heterocycles. The van der Waals surface area contributed by atoms with E-state index in [-0.39, 0.29) is 23.6 Å². The highest BCUT2D eigenvalue weighted by molar-refractivity contribution is 5.38. The molecule has 0 aromatic heterocycles. The van der Waals surface area contributed by atoms with Crippen LogP contribution in [-0.2, 0) is 0 Å². The van der Waals surface area contributed by atoms with Gasteiger partial charge < -0.3 is 32.7 Å². The maximum Gasteiger partial charge on any atom is 0.123 e. The number of unbranched alkanes of at least 4 members (excludes halogenated alkanes) is 1. The van der Waals surface area contributed by atoms with Crippen LogP contribution in [0.4, 0.5) is 8.78 Å². The molecule has 0 aliphatic carbocycles. The summed E-state index contributed by atoms with van der Waals surface area (Å²) in [4.78, 5) is 2.25. The average molecular weight is 1460 g/mol. The summed E-state index contributed by atoms with van der Waals surface area (Å²) in [5.74, 6) is 1.77. The van der Waals surface area contributed by atoms with Gasteiger partial charge in [0.2, 0.25) is 0 Å². The summed E-state index contributed by atoms with van der Waals surface area (Å²) in [6, 6.07) is 121. The van der Waals surface area contributed by atoms with Gasteiger partial charge in [0, 0.05) is 47.6 Å². The van der Waals surface area contributed by atoms with Crippen molar-refractivity contribution in [2.75, 3.05) is 53.4 Å². The van der Waals surface area contributed by atoms with E-state index in [1.165, 1.54) is 92.7 Å². The lowest BCUT2D eigenvalue weighted by molar-refractivity contribution is 0.390. The van der Waals surface area contributed by atoms with Gasteiger partial charge in [0.05, 0.1) is 0 Å². The van der Waals surface area contributed by atoms with Crippen molar-refractivity contribution in [1.82, 2.24) is 15.5 Å². The normalized spacial score (nSPS) is 11.2. The quantitative estimate of drug-likeness (QED) is 0.0269. The molecule has 12 rings (SSSR count). The third kappa shape index (κ3) is 32.5. The van der Waals surface area contributed by atoms with E-state index in [0.29, 0.717) is 42.1 Å². The molecule has 0 spiro atoms. The molecular formula is C101H122F2N6. The minimum atomic E-state index is -0.288. The van der Waals surface area contributed by atoms with E-state index in [0.717, 1.165) is 88.9 Å². The first-order chi connectivity index (χ1) is 53.3. The molecule has 570 valence electrons. The Bertz CT molecular complexity index is 3850. The number of benzene rings is 12. The minimum Gasteiger partial charge on any atom is -0.330 e. The summed E-state index contributed by atoms with van der Waals surface area (Å²) in [6.45, 7) is 14.2. The number of nitrogens with zero attached hydrogens (tertiary/aromatic N) is 1. The zero-order chi connectivity index (χ0) is 77.3. The lowest BCUT2D eigenvalue weighted by Gasteiger charge is -2.20. The second-order valence-corrected chi connectivity index (χ2v) is 28.6. The van der Waals surface area contributed by atoms with Crippen LogP contribution in [0.5, 0.6) is 0 Å². The molecule has 0 radical (unpaired) electrons. The third-order valence-electron chi connectivity index (χ3n) is 19.5. The zero-order valence-corrected chi connectivity index (χ0v) is 65.6. The number of nitrogens with one attached hydrogen (secondary N) is 2. The van der Waals surface area contributed by atoms with Gasteiger partial charge in [-0.1, -0.05) is 355 Å². The molecular weight excluding hydrogens is 1340 g/mol. The highest BCUT2D eigenvalue weighted by Crippen LogP contribution is 2.34. The molecule has 8 N–H and O–H groups in total. The van der Waals surface area contributed by atoms with Crippen molar-refractivity contribution in [3.05, 3.63) is 430 Å². The Morgan fingerprint density at radius 1 is 0.303 bits per heavy atom. The van der Waals surface area contributed by atoms with Crippen LogP contribution >= 0.6 is 0 Å². The van der Waals surface area contributed by atoms with E-state index in [1.807, 2.05) is 19.1 Å². The Kier molecular flexibility index (Phi) is 40.9. The molecule has 0 saturated heterocycles. The van der Waals surface area contributed by atoms with Crippen LogP contribution < -0.4 is 27.8 Å². The number of hydrogen-bond donors (Lipinski definition) is 5. The van der Waals surface area contributed by atoms with Crippen molar-refractivity contribution in [3.8, 4) is 0 Å². The van der Waals surface area contributed by atoms with E-state index in [1.54, 1.807) is 12.1 Å². The molecule has 0 saturated carbocycles. The van der Waals surface area contributed by atoms with Crippen LogP contribution in [0.2, 0.25) is 0 Å². The molecule has 12 aromatic rings. The Balaban J connectivity index is 0.000000182. The standard InChI is InChI=1S/C18H23N.3C17H21N.C16H17F2N.C16H19N/c1-15(2)19-14-13-18(16-9-5-3-6-10-16)17-11-7-4-8-12-17;1-18(2)14-13-17(15-9-5-3-6-10-15)16-11-7-4-8-12-16;18-14-8-7-13-17(15-9-3-1-4-10-15)16-11-5-2-6-12-16;1-2-18-14-13-17(15-9-5-3-6-10-15)16-11-7-4-8-12-16;1-11(19)8-16(12-4-2-6-14(17)9-12)13-5-3-7-15(18)10-13;17-13-7-12-16(14-8-3-1-4-9-14)15-10-5-2-6-11-15/h3-12,15,18-19H,13-14H2,1-2H3;3-12,17H,13-14H2,1-2H3;1-6,9-12,17H,7-8,13-14,18H2;3-12,17-18H,2,13-14H2,1H3;2-7,9-11,16H,8,19H2,1H3;1-6,8-11,16H,7,12-13,17H2/t;;;;11-;/m....1./s1. The largest absolute Gasteiger partial charge is 0.330 e. The molecule has 0 aliphatic rings. The first-order valence-electron chi connectivity index (χ1n) is 39.6. The fraction of sp³-hybridized carbons (Fsp3) is 0.287. The molecule has 0 heterocycles. The second-order valence-electron chi connectivity index (χ2n) is 28.6. The summed E-state index contributed by atoms with van der Waals surface area (Å²) in [5, 5.41) is 6.93. The van der Waals surface area contributed by atoms with Gasteiger partial charge in [0.25, 0.3) is 0 Å². The third-order valence-corrected chi connectivity index (χ3v) is 19.5. The van der Waals surface area contributed by atoms with Crippen LogP contribution in [0.3, 0.4) is 0 Å². The van der Waals surface area contributed by atoms with E-state index >= 15 is 0 Å². The van der Waals surface area contributed by atoms with Gasteiger partial charge in [-0.25, -0.2) is 8.78 Å². The lowest BCUT2D eigenvalue weighted by Crippen LogP contribution is -2.25. The second kappa shape index (κ2) is 51.6. The molecule has 1 atom stereocenters.